The third-order valence-electron chi connectivity index (χ3n) is 7.53. The minimum atomic E-state index is -0.0896. The Balaban J connectivity index is 1.31. The molecule has 2 fully saturated rings. The zero-order chi connectivity index (χ0) is 26.3. The van der Waals surface area contributed by atoms with Crippen LogP contribution in [0.4, 0.5) is 0 Å². The van der Waals surface area contributed by atoms with E-state index in [-0.39, 0.29) is 17.9 Å². The van der Waals surface area contributed by atoms with E-state index in [9.17, 15) is 4.79 Å². The predicted octanol–water partition coefficient (Wildman–Crippen LogP) is 6.53. The Hall–Kier alpha value is -3.67. The zero-order valence-corrected chi connectivity index (χ0v) is 22.3. The third kappa shape index (κ3) is 6.42. The minimum Gasteiger partial charge on any atom is -0.493 e. The van der Waals surface area contributed by atoms with Gasteiger partial charge in [-0.2, -0.15) is 0 Å². The average Bonchev–Trinajstić information content (AvgIpc) is 3.80. The Labute approximate surface area is 225 Å². The molecule has 0 heterocycles. The minimum absolute atomic E-state index is 0.0409. The van der Waals surface area contributed by atoms with E-state index in [1.807, 2.05) is 60.7 Å². The molecule has 5 rings (SSSR count). The van der Waals surface area contributed by atoms with Crippen LogP contribution < -0.4 is 24.3 Å². The molecule has 2 saturated carbocycles. The van der Waals surface area contributed by atoms with Crippen molar-refractivity contribution in [3.05, 3.63) is 83.4 Å². The summed E-state index contributed by atoms with van der Waals surface area (Å²) in [5.41, 5.74) is 2.83. The molecule has 3 aromatic carbocycles. The highest BCUT2D eigenvalue weighted by Gasteiger charge is 2.29. The van der Waals surface area contributed by atoms with Gasteiger partial charge in [-0.1, -0.05) is 49.2 Å². The molecule has 6 heteroatoms. The van der Waals surface area contributed by atoms with Gasteiger partial charge in [0.1, 0.15) is 6.61 Å². The van der Waals surface area contributed by atoms with Gasteiger partial charge < -0.3 is 24.3 Å². The summed E-state index contributed by atoms with van der Waals surface area (Å²) >= 11 is 0. The molecule has 6 nitrogen and oxygen atoms in total. The summed E-state index contributed by atoms with van der Waals surface area (Å²) in [5, 5.41) is 3.32. The fraction of sp³-hybridized carbons (Fsp3) is 0.406. The molecule has 1 amide bonds. The third-order valence-corrected chi connectivity index (χ3v) is 7.53. The van der Waals surface area contributed by atoms with Gasteiger partial charge in [0.15, 0.2) is 23.0 Å². The van der Waals surface area contributed by atoms with E-state index in [0.717, 1.165) is 36.8 Å². The molecular formula is C32H37NO5. The molecule has 2 aliphatic carbocycles. The van der Waals surface area contributed by atoms with Gasteiger partial charge in [-0.3, -0.25) is 4.79 Å². The Morgan fingerprint density at radius 2 is 1.55 bits per heavy atom. The van der Waals surface area contributed by atoms with Gasteiger partial charge in [0.2, 0.25) is 0 Å². The van der Waals surface area contributed by atoms with Gasteiger partial charge in [0.25, 0.3) is 5.91 Å². The Kier molecular flexibility index (Phi) is 8.37. The van der Waals surface area contributed by atoms with E-state index in [4.69, 9.17) is 18.9 Å². The second kappa shape index (κ2) is 12.2. The summed E-state index contributed by atoms with van der Waals surface area (Å²) in [6.45, 7) is 1.10. The fourth-order valence-electron chi connectivity index (χ4n) is 5.15. The van der Waals surface area contributed by atoms with Crippen LogP contribution in [0.3, 0.4) is 0 Å². The van der Waals surface area contributed by atoms with Crippen LogP contribution in [0.5, 0.6) is 23.0 Å². The standard InChI is InChI=1S/C32H37NO5/c1-35-28-16-14-24(18-30(28)36-2)26-10-6-7-11-27(26)33-32(34)25-15-17-29(31(19-25)38-21-23-12-13-23)37-20-22-8-4-3-5-9-22/h3-5,8-9,14-19,23,26-27H,6-7,10-13,20-21H2,1-2H3,(H,33,34)/t26-,27-/m1/s1. The lowest BCUT2D eigenvalue weighted by atomic mass is 9.79. The van der Waals surface area contributed by atoms with Crippen LogP contribution in [0.25, 0.3) is 0 Å². The van der Waals surface area contributed by atoms with E-state index in [1.54, 1.807) is 14.2 Å². The van der Waals surface area contributed by atoms with Crippen molar-refractivity contribution in [1.82, 2.24) is 5.32 Å². The lowest BCUT2D eigenvalue weighted by molar-refractivity contribution is 0.0920. The van der Waals surface area contributed by atoms with Crippen molar-refractivity contribution < 1.29 is 23.7 Å². The monoisotopic (exact) mass is 515 g/mol. The summed E-state index contributed by atoms with van der Waals surface area (Å²) in [6.07, 6.45) is 6.57. The highest BCUT2D eigenvalue weighted by atomic mass is 16.5. The highest BCUT2D eigenvalue weighted by Crippen LogP contribution is 2.38. The van der Waals surface area contributed by atoms with Gasteiger partial charge in [-0.15, -0.1) is 0 Å². The van der Waals surface area contributed by atoms with Crippen LogP contribution >= 0.6 is 0 Å². The average molecular weight is 516 g/mol. The maximum atomic E-state index is 13.5. The second-order valence-corrected chi connectivity index (χ2v) is 10.3. The Morgan fingerprint density at radius 1 is 0.789 bits per heavy atom. The number of carbonyl (C=O) groups excluding carboxylic acids is 1. The molecule has 1 N–H and O–H groups in total. The molecule has 3 aromatic rings. The number of hydrogen-bond acceptors (Lipinski definition) is 5. The number of benzene rings is 3. The highest BCUT2D eigenvalue weighted by molar-refractivity contribution is 5.95. The lowest BCUT2D eigenvalue weighted by Gasteiger charge is -2.33. The second-order valence-electron chi connectivity index (χ2n) is 10.3. The molecule has 2 aliphatic rings. The van der Waals surface area contributed by atoms with E-state index in [0.29, 0.717) is 47.7 Å². The molecule has 2 atom stereocenters. The van der Waals surface area contributed by atoms with Gasteiger partial charge in [0.05, 0.1) is 20.8 Å². The van der Waals surface area contributed by atoms with Crippen molar-refractivity contribution in [3.63, 3.8) is 0 Å². The first kappa shape index (κ1) is 26.0. The number of amides is 1. The molecule has 0 unspecified atom stereocenters. The van der Waals surface area contributed by atoms with Crippen LogP contribution in [0.15, 0.2) is 66.7 Å². The largest absolute Gasteiger partial charge is 0.493 e. The first-order chi connectivity index (χ1) is 18.6. The summed E-state index contributed by atoms with van der Waals surface area (Å²) in [7, 11) is 3.29. The van der Waals surface area contributed by atoms with Crippen molar-refractivity contribution in [2.75, 3.05) is 20.8 Å². The molecule has 0 aliphatic heterocycles. The molecule has 0 radical (unpaired) electrons. The van der Waals surface area contributed by atoms with Crippen molar-refractivity contribution in [2.45, 2.75) is 57.1 Å². The number of hydrogen-bond donors (Lipinski definition) is 1. The SMILES string of the molecule is COc1ccc([C@H]2CCCC[C@H]2NC(=O)c2ccc(OCc3ccccc3)c(OCC3CC3)c2)cc1OC. The lowest BCUT2D eigenvalue weighted by Crippen LogP contribution is -2.41. The first-order valence-corrected chi connectivity index (χ1v) is 13.6. The van der Waals surface area contributed by atoms with Crippen LogP contribution in [0.2, 0.25) is 0 Å². The molecule has 0 aromatic heterocycles. The van der Waals surface area contributed by atoms with Crippen LogP contribution in [-0.4, -0.2) is 32.8 Å². The summed E-state index contributed by atoms with van der Waals surface area (Å²) < 4.78 is 23.2. The van der Waals surface area contributed by atoms with Crippen LogP contribution in [-0.2, 0) is 6.61 Å². The molecule has 200 valence electrons. The maximum Gasteiger partial charge on any atom is 0.251 e. The van der Waals surface area contributed by atoms with Crippen molar-refractivity contribution >= 4 is 5.91 Å². The number of ether oxygens (including phenoxy) is 4. The smallest absolute Gasteiger partial charge is 0.251 e. The molecule has 38 heavy (non-hydrogen) atoms. The molecule has 0 bridgehead atoms. The Bertz CT molecular complexity index is 1220. The van der Waals surface area contributed by atoms with E-state index in [1.165, 1.54) is 12.8 Å². The normalized spacial score (nSPS) is 18.9. The van der Waals surface area contributed by atoms with Gasteiger partial charge >= 0.3 is 0 Å². The Morgan fingerprint density at radius 3 is 2.32 bits per heavy atom. The van der Waals surface area contributed by atoms with Crippen molar-refractivity contribution in [3.8, 4) is 23.0 Å². The summed E-state index contributed by atoms with van der Waals surface area (Å²) in [6, 6.07) is 21.7. The van der Waals surface area contributed by atoms with Gasteiger partial charge in [0, 0.05) is 17.5 Å². The van der Waals surface area contributed by atoms with E-state index >= 15 is 0 Å². The van der Waals surface area contributed by atoms with Crippen molar-refractivity contribution in [1.29, 1.82) is 0 Å². The quantitative estimate of drug-likeness (QED) is 0.315. The van der Waals surface area contributed by atoms with Crippen molar-refractivity contribution in [2.24, 2.45) is 5.92 Å². The van der Waals surface area contributed by atoms with E-state index in [2.05, 4.69) is 11.4 Å². The molecule has 0 spiro atoms. The molecular weight excluding hydrogens is 478 g/mol. The van der Waals surface area contributed by atoms with E-state index < -0.39 is 0 Å². The molecule has 0 saturated heterocycles. The first-order valence-electron chi connectivity index (χ1n) is 13.6. The fourth-order valence-corrected chi connectivity index (χ4v) is 5.15. The number of rotatable bonds is 11. The topological polar surface area (TPSA) is 66.0 Å². The van der Waals surface area contributed by atoms with Gasteiger partial charge in [-0.05, 0) is 73.1 Å². The van der Waals surface area contributed by atoms with Crippen LogP contribution in [0, 0.1) is 5.92 Å². The summed E-state index contributed by atoms with van der Waals surface area (Å²) in [4.78, 5) is 13.5. The number of carbonyl (C=O) groups is 1. The number of methoxy groups -OCH3 is 2. The van der Waals surface area contributed by atoms with Crippen LogP contribution in [0.1, 0.15) is 65.9 Å². The zero-order valence-electron chi connectivity index (χ0n) is 22.3. The summed E-state index contributed by atoms with van der Waals surface area (Å²) in [5.74, 6) is 3.43. The van der Waals surface area contributed by atoms with Gasteiger partial charge in [-0.25, -0.2) is 0 Å². The number of nitrogens with one attached hydrogen (secondary N) is 1. The maximum absolute atomic E-state index is 13.5. The predicted molar refractivity (Wildman–Crippen MR) is 147 cm³/mol.